The summed E-state index contributed by atoms with van der Waals surface area (Å²) < 4.78 is 5.29. The fourth-order valence-electron chi connectivity index (χ4n) is 1.97. The average Bonchev–Trinajstić information content (AvgIpc) is 2.74. The lowest BCUT2D eigenvalue weighted by Gasteiger charge is -2.10. The van der Waals surface area contributed by atoms with E-state index < -0.39 is 0 Å². The minimum Gasteiger partial charge on any atom is -0.461 e. The number of rotatable bonds is 3. The highest BCUT2D eigenvalue weighted by molar-refractivity contribution is 5.73. The lowest BCUT2D eigenvalue weighted by atomic mass is 10.1. The molecule has 1 heterocycles. The van der Waals surface area contributed by atoms with E-state index in [9.17, 15) is 4.79 Å². The summed E-state index contributed by atoms with van der Waals surface area (Å²) in [5.41, 5.74) is 1.04. The van der Waals surface area contributed by atoms with E-state index in [0.29, 0.717) is 6.61 Å². The van der Waals surface area contributed by atoms with Gasteiger partial charge in [0.1, 0.15) is 6.61 Å². The van der Waals surface area contributed by atoms with Gasteiger partial charge < -0.3 is 9.64 Å². The second-order valence-corrected chi connectivity index (χ2v) is 4.34. The molecule has 0 aliphatic carbocycles. The molecule has 0 spiro atoms. The number of esters is 1. The minimum absolute atomic E-state index is 0.0618. The normalized spacial score (nSPS) is 20.9. The van der Waals surface area contributed by atoms with Crippen LogP contribution in [0.5, 0.6) is 0 Å². The van der Waals surface area contributed by atoms with Crippen molar-refractivity contribution in [3.8, 4) is 0 Å². The Morgan fingerprint density at radius 2 is 2.19 bits per heavy atom. The van der Waals surface area contributed by atoms with E-state index in [1.807, 2.05) is 37.4 Å². The zero-order valence-corrected chi connectivity index (χ0v) is 9.56. The molecule has 0 bridgehead atoms. The quantitative estimate of drug-likeness (QED) is 0.724. The predicted octanol–water partition coefficient (Wildman–Crippen LogP) is 1.68. The maximum absolute atomic E-state index is 11.7. The molecule has 1 fully saturated rings. The predicted molar refractivity (Wildman–Crippen MR) is 61.8 cm³/mol. The smallest absolute Gasteiger partial charge is 0.310 e. The highest BCUT2D eigenvalue weighted by atomic mass is 16.5. The Balaban J connectivity index is 1.80. The molecule has 0 amide bonds. The topological polar surface area (TPSA) is 29.5 Å². The van der Waals surface area contributed by atoms with Gasteiger partial charge in [0, 0.05) is 6.54 Å². The van der Waals surface area contributed by atoms with Crippen LogP contribution in [-0.4, -0.2) is 31.0 Å². The first-order valence-electron chi connectivity index (χ1n) is 5.65. The SMILES string of the molecule is CN1CCC(C(=O)OCc2ccccc2)C1. The van der Waals surface area contributed by atoms with Gasteiger partial charge in [0.15, 0.2) is 0 Å². The van der Waals surface area contributed by atoms with Crippen LogP contribution in [-0.2, 0) is 16.1 Å². The van der Waals surface area contributed by atoms with Crippen LogP contribution in [0.3, 0.4) is 0 Å². The molecule has 16 heavy (non-hydrogen) atoms. The summed E-state index contributed by atoms with van der Waals surface area (Å²) >= 11 is 0. The molecular formula is C13H17NO2. The molecular weight excluding hydrogens is 202 g/mol. The Morgan fingerprint density at radius 1 is 1.44 bits per heavy atom. The molecule has 1 aromatic carbocycles. The van der Waals surface area contributed by atoms with Crippen molar-refractivity contribution >= 4 is 5.97 Å². The van der Waals surface area contributed by atoms with Gasteiger partial charge in [-0.1, -0.05) is 30.3 Å². The van der Waals surface area contributed by atoms with Crippen LogP contribution in [0.2, 0.25) is 0 Å². The summed E-state index contributed by atoms with van der Waals surface area (Å²) in [4.78, 5) is 13.9. The third-order valence-electron chi connectivity index (χ3n) is 2.95. The van der Waals surface area contributed by atoms with Crippen LogP contribution in [0.15, 0.2) is 30.3 Å². The fourth-order valence-corrected chi connectivity index (χ4v) is 1.97. The van der Waals surface area contributed by atoms with Gasteiger partial charge in [0.05, 0.1) is 5.92 Å². The van der Waals surface area contributed by atoms with Gasteiger partial charge in [-0.25, -0.2) is 0 Å². The van der Waals surface area contributed by atoms with Crippen molar-refractivity contribution in [3.05, 3.63) is 35.9 Å². The molecule has 1 aliphatic heterocycles. The third kappa shape index (κ3) is 2.83. The van der Waals surface area contributed by atoms with Crippen LogP contribution < -0.4 is 0 Å². The number of hydrogen-bond acceptors (Lipinski definition) is 3. The summed E-state index contributed by atoms with van der Waals surface area (Å²) in [5, 5.41) is 0. The van der Waals surface area contributed by atoms with Crippen LogP contribution in [0.4, 0.5) is 0 Å². The van der Waals surface area contributed by atoms with Gasteiger partial charge in [-0.15, -0.1) is 0 Å². The molecule has 0 N–H and O–H groups in total. The van der Waals surface area contributed by atoms with E-state index >= 15 is 0 Å². The molecule has 86 valence electrons. The fraction of sp³-hybridized carbons (Fsp3) is 0.462. The minimum atomic E-state index is -0.0618. The van der Waals surface area contributed by atoms with Crippen molar-refractivity contribution < 1.29 is 9.53 Å². The average molecular weight is 219 g/mol. The van der Waals surface area contributed by atoms with Crippen molar-refractivity contribution in [3.63, 3.8) is 0 Å². The van der Waals surface area contributed by atoms with Gasteiger partial charge >= 0.3 is 5.97 Å². The van der Waals surface area contributed by atoms with E-state index in [0.717, 1.165) is 25.1 Å². The Kier molecular flexibility index (Phi) is 3.57. The van der Waals surface area contributed by atoms with Crippen molar-refractivity contribution in [2.45, 2.75) is 13.0 Å². The van der Waals surface area contributed by atoms with Crippen LogP contribution in [0.25, 0.3) is 0 Å². The van der Waals surface area contributed by atoms with Gasteiger partial charge in [-0.05, 0) is 25.6 Å². The second kappa shape index (κ2) is 5.12. The summed E-state index contributed by atoms with van der Waals surface area (Å²) in [6.45, 7) is 2.21. The molecule has 1 aliphatic rings. The van der Waals surface area contributed by atoms with Crippen LogP contribution in [0.1, 0.15) is 12.0 Å². The molecule has 0 aromatic heterocycles. The van der Waals surface area contributed by atoms with Gasteiger partial charge in [-0.3, -0.25) is 4.79 Å². The highest BCUT2D eigenvalue weighted by Gasteiger charge is 2.27. The van der Waals surface area contributed by atoms with E-state index in [4.69, 9.17) is 4.74 Å². The van der Waals surface area contributed by atoms with Gasteiger partial charge in [0.2, 0.25) is 0 Å². The van der Waals surface area contributed by atoms with Crippen molar-refractivity contribution in [2.24, 2.45) is 5.92 Å². The number of likely N-dealkylation sites (tertiary alicyclic amines) is 1. The van der Waals surface area contributed by atoms with Crippen molar-refractivity contribution in [1.29, 1.82) is 0 Å². The Bertz CT molecular complexity index is 350. The van der Waals surface area contributed by atoms with Crippen molar-refractivity contribution in [1.82, 2.24) is 4.90 Å². The third-order valence-corrected chi connectivity index (χ3v) is 2.95. The molecule has 0 saturated carbocycles. The monoisotopic (exact) mass is 219 g/mol. The van der Waals surface area contributed by atoms with E-state index in [1.54, 1.807) is 0 Å². The number of benzene rings is 1. The lowest BCUT2D eigenvalue weighted by Crippen LogP contribution is -2.21. The van der Waals surface area contributed by atoms with Crippen LogP contribution in [0, 0.1) is 5.92 Å². The maximum Gasteiger partial charge on any atom is 0.310 e. The molecule has 3 nitrogen and oxygen atoms in total. The molecule has 3 heteroatoms. The second-order valence-electron chi connectivity index (χ2n) is 4.34. The van der Waals surface area contributed by atoms with Gasteiger partial charge in [0.25, 0.3) is 0 Å². The number of hydrogen-bond donors (Lipinski definition) is 0. The lowest BCUT2D eigenvalue weighted by molar-refractivity contribution is -0.149. The molecule has 1 atom stereocenters. The molecule has 1 aromatic rings. The molecule has 0 radical (unpaired) electrons. The number of nitrogens with zero attached hydrogens (tertiary/aromatic N) is 1. The zero-order valence-electron chi connectivity index (χ0n) is 9.56. The number of carbonyl (C=O) groups is 1. The van der Waals surface area contributed by atoms with Crippen LogP contribution >= 0.6 is 0 Å². The van der Waals surface area contributed by atoms with Crippen molar-refractivity contribution in [2.75, 3.05) is 20.1 Å². The molecule has 1 unspecified atom stereocenters. The van der Waals surface area contributed by atoms with E-state index in [-0.39, 0.29) is 11.9 Å². The molecule has 2 rings (SSSR count). The summed E-state index contributed by atoms with van der Waals surface area (Å²) in [6, 6.07) is 9.79. The largest absolute Gasteiger partial charge is 0.461 e. The summed E-state index contributed by atoms with van der Waals surface area (Å²) in [6.07, 6.45) is 0.921. The van der Waals surface area contributed by atoms with Gasteiger partial charge in [-0.2, -0.15) is 0 Å². The highest BCUT2D eigenvalue weighted by Crippen LogP contribution is 2.16. The Labute approximate surface area is 96.0 Å². The summed E-state index contributed by atoms with van der Waals surface area (Å²) in [7, 11) is 2.03. The first kappa shape index (κ1) is 11.1. The molecule has 1 saturated heterocycles. The number of ether oxygens (including phenoxy) is 1. The van der Waals surface area contributed by atoms with E-state index in [1.165, 1.54) is 0 Å². The standard InChI is InChI=1S/C13H17NO2/c1-14-8-7-12(9-14)13(15)16-10-11-5-3-2-4-6-11/h2-6,12H,7-10H2,1H3. The number of carbonyl (C=O) groups excluding carboxylic acids is 1. The zero-order chi connectivity index (χ0) is 11.4. The first-order chi connectivity index (χ1) is 7.75. The first-order valence-corrected chi connectivity index (χ1v) is 5.65. The Hall–Kier alpha value is -1.35. The van der Waals surface area contributed by atoms with E-state index in [2.05, 4.69) is 4.90 Å². The summed E-state index contributed by atoms with van der Waals surface area (Å²) in [5.74, 6) is 0.00177. The Morgan fingerprint density at radius 3 is 2.81 bits per heavy atom. The maximum atomic E-state index is 11.7.